The van der Waals surface area contributed by atoms with Gasteiger partial charge in [-0.1, -0.05) is 35.9 Å². The highest BCUT2D eigenvalue weighted by atomic mass is 35.5. The molecule has 3 aromatic carbocycles. The number of nitrogens with two attached hydrogens (primary N) is 1. The minimum atomic E-state index is -4.89. The highest BCUT2D eigenvalue weighted by Crippen LogP contribution is 2.38. The van der Waals surface area contributed by atoms with Gasteiger partial charge in [-0.2, -0.15) is 5.26 Å². The number of rotatable bonds is 6. The number of benzene rings is 3. The molecule has 170 valence electrons. The van der Waals surface area contributed by atoms with Gasteiger partial charge in [0.25, 0.3) is 0 Å². The van der Waals surface area contributed by atoms with E-state index >= 15 is 0 Å². The molecule has 0 aliphatic rings. The van der Waals surface area contributed by atoms with Crippen LogP contribution in [0.25, 0.3) is 0 Å². The molecule has 0 aromatic heterocycles. The molecule has 6 nitrogen and oxygen atoms in total. The first kappa shape index (κ1) is 23.9. The van der Waals surface area contributed by atoms with Crippen LogP contribution in [0.1, 0.15) is 28.2 Å². The van der Waals surface area contributed by atoms with E-state index in [9.17, 15) is 18.0 Å². The molecule has 3 aromatic rings. The summed E-state index contributed by atoms with van der Waals surface area (Å²) < 4.78 is 42.7. The van der Waals surface area contributed by atoms with E-state index in [-0.39, 0.29) is 5.69 Å². The summed E-state index contributed by atoms with van der Waals surface area (Å²) >= 11 is 6.18. The van der Waals surface area contributed by atoms with Crippen LogP contribution in [0.2, 0.25) is 5.02 Å². The molecule has 0 fully saturated rings. The zero-order chi connectivity index (χ0) is 24.0. The second-order valence-electron chi connectivity index (χ2n) is 7.02. The molecule has 2 amide bonds. The van der Waals surface area contributed by atoms with Crippen molar-refractivity contribution in [3.63, 3.8) is 0 Å². The van der Waals surface area contributed by atoms with Crippen LogP contribution < -0.4 is 21.3 Å². The third-order valence-corrected chi connectivity index (χ3v) is 5.02. The number of carbonyl (C=O) groups excluding carboxylic acids is 1. The SMILES string of the molecule is N#Cc1ccc(CC(c2cccc(Cl)c2)c2cc(OC(F)(F)F)ccc2NC(=O)NN)cc1. The molecule has 0 aliphatic carbocycles. The van der Waals surface area contributed by atoms with Gasteiger partial charge < -0.3 is 10.1 Å². The van der Waals surface area contributed by atoms with Crippen molar-refractivity contribution in [1.82, 2.24) is 5.43 Å². The predicted molar refractivity (Wildman–Crippen MR) is 118 cm³/mol. The lowest BCUT2D eigenvalue weighted by atomic mass is 9.84. The van der Waals surface area contributed by atoms with Crippen molar-refractivity contribution in [3.8, 4) is 11.8 Å². The van der Waals surface area contributed by atoms with Gasteiger partial charge in [0.15, 0.2) is 0 Å². The van der Waals surface area contributed by atoms with Crippen molar-refractivity contribution in [2.75, 3.05) is 5.32 Å². The summed E-state index contributed by atoms with van der Waals surface area (Å²) in [5.41, 5.74) is 4.52. The van der Waals surface area contributed by atoms with Crippen molar-refractivity contribution in [3.05, 3.63) is 94.0 Å². The van der Waals surface area contributed by atoms with Crippen LogP contribution in [0.5, 0.6) is 5.75 Å². The molecule has 10 heteroatoms. The van der Waals surface area contributed by atoms with E-state index in [1.165, 1.54) is 12.1 Å². The molecule has 0 saturated carbocycles. The zero-order valence-corrected chi connectivity index (χ0v) is 17.7. The summed E-state index contributed by atoms with van der Waals surface area (Å²) in [6, 6.07) is 18.6. The number of carbonyl (C=O) groups is 1. The molecule has 4 N–H and O–H groups in total. The second kappa shape index (κ2) is 10.3. The van der Waals surface area contributed by atoms with E-state index in [1.807, 2.05) is 11.5 Å². The molecule has 0 heterocycles. The smallest absolute Gasteiger partial charge is 0.406 e. The Morgan fingerprint density at radius 1 is 1.12 bits per heavy atom. The van der Waals surface area contributed by atoms with E-state index in [0.29, 0.717) is 28.1 Å². The lowest BCUT2D eigenvalue weighted by Crippen LogP contribution is -2.34. The van der Waals surface area contributed by atoms with Crippen LogP contribution in [-0.2, 0) is 6.42 Å². The van der Waals surface area contributed by atoms with E-state index in [4.69, 9.17) is 22.7 Å². The van der Waals surface area contributed by atoms with E-state index < -0.39 is 24.1 Å². The predicted octanol–water partition coefficient (Wildman–Crippen LogP) is 5.48. The number of nitrogens with one attached hydrogen (secondary N) is 2. The first-order valence-corrected chi connectivity index (χ1v) is 9.98. The Kier molecular flexibility index (Phi) is 7.43. The molecule has 1 unspecified atom stereocenters. The number of hydrogen-bond acceptors (Lipinski definition) is 4. The molecule has 33 heavy (non-hydrogen) atoms. The topological polar surface area (TPSA) is 100 Å². The quantitative estimate of drug-likeness (QED) is 0.250. The Morgan fingerprint density at radius 3 is 2.45 bits per heavy atom. The average Bonchev–Trinajstić information content (AvgIpc) is 2.78. The molecular weight excluding hydrogens is 457 g/mol. The number of halogens is 4. The number of hydrazine groups is 1. The van der Waals surface area contributed by atoms with Crippen molar-refractivity contribution in [2.24, 2.45) is 5.84 Å². The maximum atomic E-state index is 12.9. The third kappa shape index (κ3) is 6.62. The Morgan fingerprint density at radius 2 is 1.85 bits per heavy atom. The van der Waals surface area contributed by atoms with Crippen molar-refractivity contribution < 1.29 is 22.7 Å². The summed E-state index contributed by atoms with van der Waals surface area (Å²) in [5.74, 6) is 4.19. The van der Waals surface area contributed by atoms with Crippen molar-refractivity contribution in [1.29, 1.82) is 5.26 Å². The lowest BCUT2D eigenvalue weighted by Gasteiger charge is -2.23. The molecule has 1 atom stereocenters. The Hall–Kier alpha value is -3.74. The summed E-state index contributed by atoms with van der Waals surface area (Å²) in [7, 11) is 0. The Labute approximate surface area is 192 Å². The number of nitriles is 1. The number of amides is 2. The number of hydrogen-bond donors (Lipinski definition) is 3. The van der Waals surface area contributed by atoms with Gasteiger partial charge in [0, 0.05) is 16.6 Å². The average molecular weight is 475 g/mol. The fourth-order valence-corrected chi connectivity index (χ4v) is 3.58. The molecule has 3 rings (SSSR count). The molecule has 0 aliphatic heterocycles. The molecule has 0 radical (unpaired) electrons. The van der Waals surface area contributed by atoms with E-state index in [2.05, 4.69) is 10.1 Å². The highest BCUT2D eigenvalue weighted by Gasteiger charge is 2.32. The first-order chi connectivity index (χ1) is 15.7. The van der Waals surface area contributed by atoms with Crippen LogP contribution >= 0.6 is 11.6 Å². The van der Waals surface area contributed by atoms with Gasteiger partial charge in [0.05, 0.1) is 11.6 Å². The number of alkyl halides is 3. The Bertz CT molecular complexity index is 1180. The van der Waals surface area contributed by atoms with E-state index in [0.717, 1.165) is 11.6 Å². The van der Waals surface area contributed by atoms with Gasteiger partial charge in [-0.25, -0.2) is 10.6 Å². The maximum absolute atomic E-state index is 12.9. The summed E-state index contributed by atoms with van der Waals surface area (Å²) in [5, 5.41) is 12.0. The van der Waals surface area contributed by atoms with Crippen LogP contribution in [-0.4, -0.2) is 12.4 Å². The fraction of sp³-hybridized carbons (Fsp3) is 0.130. The molecule has 0 bridgehead atoms. The van der Waals surface area contributed by atoms with Crippen molar-refractivity contribution in [2.45, 2.75) is 18.7 Å². The van der Waals surface area contributed by atoms with Crippen LogP contribution in [0, 0.1) is 11.3 Å². The third-order valence-electron chi connectivity index (χ3n) is 4.79. The highest BCUT2D eigenvalue weighted by molar-refractivity contribution is 6.30. The number of ether oxygens (including phenoxy) is 1. The normalized spacial score (nSPS) is 11.9. The minimum absolute atomic E-state index is 0.242. The van der Waals surface area contributed by atoms with Crippen molar-refractivity contribution >= 4 is 23.3 Å². The number of nitrogens with zero attached hydrogens (tertiary/aromatic N) is 1. The summed E-state index contributed by atoms with van der Waals surface area (Å²) in [6.45, 7) is 0. The largest absolute Gasteiger partial charge is 0.573 e. The standard InChI is InChI=1S/C23H18ClF3N4O2/c24-17-3-1-2-16(11-17)19(10-14-4-6-15(13-28)7-5-14)20-12-18(33-23(25,26)27)8-9-21(20)30-22(32)31-29/h1-9,11-12,19H,10,29H2,(H2,30,31,32). The molecular formula is C23H18ClF3N4O2. The Balaban J connectivity index is 2.13. The molecule has 0 spiro atoms. The van der Waals surface area contributed by atoms with Gasteiger partial charge in [0.1, 0.15) is 5.75 Å². The van der Waals surface area contributed by atoms with Gasteiger partial charge in [-0.05, 0) is 65.6 Å². The number of urea groups is 1. The fourth-order valence-electron chi connectivity index (χ4n) is 3.38. The van der Waals surface area contributed by atoms with Gasteiger partial charge in [-0.15, -0.1) is 13.2 Å². The second-order valence-corrected chi connectivity index (χ2v) is 7.45. The zero-order valence-electron chi connectivity index (χ0n) is 17.0. The van der Waals surface area contributed by atoms with Gasteiger partial charge in [0.2, 0.25) is 0 Å². The van der Waals surface area contributed by atoms with Gasteiger partial charge >= 0.3 is 12.4 Å². The lowest BCUT2D eigenvalue weighted by molar-refractivity contribution is -0.274. The van der Waals surface area contributed by atoms with Crippen LogP contribution in [0.15, 0.2) is 66.7 Å². The molecule has 0 saturated heterocycles. The van der Waals surface area contributed by atoms with Gasteiger partial charge in [-0.3, -0.25) is 5.43 Å². The monoisotopic (exact) mass is 474 g/mol. The summed E-state index contributed by atoms with van der Waals surface area (Å²) in [6.07, 6.45) is -4.56. The van der Waals surface area contributed by atoms with E-state index in [1.54, 1.807) is 48.5 Å². The number of anilines is 1. The minimum Gasteiger partial charge on any atom is -0.406 e. The van der Waals surface area contributed by atoms with Crippen LogP contribution in [0.4, 0.5) is 23.7 Å². The summed E-state index contributed by atoms with van der Waals surface area (Å²) in [4.78, 5) is 11.9. The maximum Gasteiger partial charge on any atom is 0.573 e. The first-order valence-electron chi connectivity index (χ1n) is 9.60. The van der Waals surface area contributed by atoms with Crippen LogP contribution in [0.3, 0.4) is 0 Å².